The third-order valence-corrected chi connectivity index (χ3v) is 10.2. The molecule has 330 valence electrons. The van der Waals surface area contributed by atoms with Crippen molar-refractivity contribution in [1.29, 1.82) is 0 Å². The van der Waals surface area contributed by atoms with Gasteiger partial charge in [0.05, 0.1) is 13.2 Å². The Morgan fingerprint density at radius 3 is 1.54 bits per heavy atom. The van der Waals surface area contributed by atoms with Crippen LogP contribution in [0.1, 0.15) is 181 Å². The molecule has 1 heterocycles. The number of hydrogen-bond donors (Lipinski definition) is 4. The predicted octanol–water partition coefficient (Wildman–Crippen LogP) is 9.67. The molecule has 0 bridgehead atoms. The van der Waals surface area contributed by atoms with Crippen LogP contribution < -0.4 is 0 Å². The van der Waals surface area contributed by atoms with Gasteiger partial charge in [-0.05, 0) is 70.6 Å². The molecule has 0 amide bonds. The number of carbonyl (C=O) groups is 2. The van der Waals surface area contributed by atoms with Gasteiger partial charge in [-0.15, -0.1) is 0 Å². The zero-order valence-corrected chi connectivity index (χ0v) is 35.8. The quantitative estimate of drug-likeness (QED) is 0.0271. The SMILES string of the molecule is CCCCCCCC/C=C/C/C=C/C/C=C/CCCC(=O)O[C@H](COC(=O)CCCCCCC/C=C/CCCCCCCC)CO[C@@H]1O[C@H](CO)[C@H](O)C(O)C1O. The van der Waals surface area contributed by atoms with E-state index < -0.39 is 55.4 Å². The van der Waals surface area contributed by atoms with Gasteiger partial charge in [0.2, 0.25) is 0 Å². The van der Waals surface area contributed by atoms with Gasteiger partial charge < -0.3 is 39.4 Å². The van der Waals surface area contributed by atoms with E-state index in [-0.39, 0.29) is 26.1 Å². The van der Waals surface area contributed by atoms with Gasteiger partial charge in [0.25, 0.3) is 0 Å². The lowest BCUT2D eigenvalue weighted by Crippen LogP contribution is -2.59. The second-order valence-corrected chi connectivity index (χ2v) is 15.5. The third kappa shape index (κ3) is 29.5. The minimum atomic E-state index is -1.61. The molecule has 1 saturated heterocycles. The fourth-order valence-electron chi connectivity index (χ4n) is 6.55. The van der Waals surface area contributed by atoms with E-state index in [1.165, 1.54) is 83.5 Å². The number of carbonyl (C=O) groups excluding carboxylic acids is 2. The van der Waals surface area contributed by atoms with Crippen molar-refractivity contribution < 1.29 is 49.0 Å². The number of aliphatic hydroxyl groups excluding tert-OH is 4. The first-order valence-corrected chi connectivity index (χ1v) is 22.7. The van der Waals surface area contributed by atoms with Gasteiger partial charge in [0, 0.05) is 12.8 Å². The van der Waals surface area contributed by atoms with Crippen LogP contribution in [0.2, 0.25) is 0 Å². The molecule has 1 aliphatic rings. The van der Waals surface area contributed by atoms with Crippen molar-refractivity contribution in [3.05, 3.63) is 48.6 Å². The van der Waals surface area contributed by atoms with Gasteiger partial charge in [0.1, 0.15) is 31.0 Å². The van der Waals surface area contributed by atoms with Crippen LogP contribution in [-0.4, -0.2) is 89.0 Å². The zero-order valence-electron chi connectivity index (χ0n) is 35.8. The molecule has 1 aliphatic heterocycles. The van der Waals surface area contributed by atoms with E-state index in [1.807, 2.05) is 6.08 Å². The molecule has 0 aromatic rings. The molecular formula is C47H82O10. The third-order valence-electron chi connectivity index (χ3n) is 10.2. The summed E-state index contributed by atoms with van der Waals surface area (Å²) in [6, 6.07) is 0. The van der Waals surface area contributed by atoms with Gasteiger partial charge in [0.15, 0.2) is 12.4 Å². The van der Waals surface area contributed by atoms with Crippen molar-refractivity contribution in [3.8, 4) is 0 Å². The summed E-state index contributed by atoms with van der Waals surface area (Å²) in [5, 5.41) is 40.1. The van der Waals surface area contributed by atoms with Crippen LogP contribution in [0.3, 0.4) is 0 Å². The van der Waals surface area contributed by atoms with E-state index in [0.717, 1.165) is 51.4 Å². The Morgan fingerprint density at radius 1 is 0.544 bits per heavy atom. The summed E-state index contributed by atoms with van der Waals surface area (Å²) in [5.74, 6) is -0.878. The maximum atomic E-state index is 12.7. The molecule has 10 heteroatoms. The fourth-order valence-corrected chi connectivity index (χ4v) is 6.55. The normalized spacial score (nSPS) is 20.7. The molecule has 0 aromatic carbocycles. The number of esters is 2. The largest absolute Gasteiger partial charge is 0.462 e. The molecule has 2 unspecified atom stereocenters. The molecule has 1 fully saturated rings. The number of hydrogen-bond acceptors (Lipinski definition) is 10. The summed E-state index contributed by atoms with van der Waals surface area (Å²) in [6.45, 7) is 3.35. The topological polar surface area (TPSA) is 152 Å². The van der Waals surface area contributed by atoms with Crippen LogP contribution >= 0.6 is 0 Å². The summed E-state index contributed by atoms with van der Waals surface area (Å²) in [7, 11) is 0. The molecule has 0 aromatic heterocycles. The fraction of sp³-hybridized carbons (Fsp3) is 0.787. The highest BCUT2D eigenvalue weighted by atomic mass is 16.7. The Morgan fingerprint density at radius 2 is 1.00 bits per heavy atom. The number of ether oxygens (including phenoxy) is 4. The lowest BCUT2D eigenvalue weighted by atomic mass is 9.99. The maximum Gasteiger partial charge on any atom is 0.306 e. The minimum absolute atomic E-state index is 0.156. The molecular weight excluding hydrogens is 725 g/mol. The minimum Gasteiger partial charge on any atom is -0.462 e. The lowest BCUT2D eigenvalue weighted by molar-refractivity contribution is -0.305. The Bertz CT molecular complexity index is 1070. The molecule has 0 saturated carbocycles. The van der Waals surface area contributed by atoms with E-state index >= 15 is 0 Å². The molecule has 0 radical (unpaired) electrons. The predicted molar refractivity (Wildman–Crippen MR) is 229 cm³/mol. The molecule has 0 spiro atoms. The van der Waals surface area contributed by atoms with E-state index in [1.54, 1.807) is 0 Å². The smallest absolute Gasteiger partial charge is 0.306 e. The van der Waals surface area contributed by atoms with Crippen LogP contribution in [0.5, 0.6) is 0 Å². The van der Waals surface area contributed by atoms with Gasteiger partial charge in [-0.2, -0.15) is 0 Å². The Balaban J connectivity index is 2.38. The summed E-state index contributed by atoms with van der Waals surface area (Å²) < 4.78 is 22.1. The van der Waals surface area contributed by atoms with Gasteiger partial charge in [-0.25, -0.2) is 0 Å². The van der Waals surface area contributed by atoms with Crippen molar-refractivity contribution in [2.24, 2.45) is 0 Å². The highest BCUT2D eigenvalue weighted by Crippen LogP contribution is 2.22. The van der Waals surface area contributed by atoms with E-state index in [4.69, 9.17) is 18.9 Å². The van der Waals surface area contributed by atoms with Crippen molar-refractivity contribution in [2.75, 3.05) is 19.8 Å². The number of rotatable bonds is 37. The first-order chi connectivity index (χ1) is 27.8. The summed E-state index contributed by atoms with van der Waals surface area (Å²) >= 11 is 0. The molecule has 4 N–H and O–H groups in total. The Hall–Kier alpha value is -2.34. The highest BCUT2D eigenvalue weighted by molar-refractivity contribution is 5.70. The summed E-state index contributed by atoms with van der Waals surface area (Å²) in [5.41, 5.74) is 0. The summed E-state index contributed by atoms with van der Waals surface area (Å²) in [6.07, 6.45) is 36.9. The van der Waals surface area contributed by atoms with Crippen molar-refractivity contribution in [1.82, 2.24) is 0 Å². The van der Waals surface area contributed by atoms with E-state index in [0.29, 0.717) is 19.3 Å². The average molecular weight is 807 g/mol. The molecule has 6 atom stereocenters. The molecule has 1 rings (SSSR count). The first-order valence-electron chi connectivity index (χ1n) is 22.7. The van der Waals surface area contributed by atoms with Crippen molar-refractivity contribution in [2.45, 2.75) is 218 Å². The summed E-state index contributed by atoms with van der Waals surface area (Å²) in [4.78, 5) is 25.3. The van der Waals surface area contributed by atoms with Gasteiger partial charge in [-0.3, -0.25) is 9.59 Å². The van der Waals surface area contributed by atoms with Gasteiger partial charge in [-0.1, -0.05) is 146 Å². The van der Waals surface area contributed by atoms with Crippen LogP contribution in [-0.2, 0) is 28.5 Å². The average Bonchev–Trinajstić information content (AvgIpc) is 3.21. The molecule has 10 nitrogen and oxygen atoms in total. The van der Waals surface area contributed by atoms with E-state index in [2.05, 4.69) is 56.4 Å². The van der Waals surface area contributed by atoms with Crippen LogP contribution in [0.15, 0.2) is 48.6 Å². The Kier molecular flexibility index (Phi) is 35.0. The maximum absolute atomic E-state index is 12.7. The first kappa shape index (κ1) is 52.7. The number of allylic oxidation sites excluding steroid dienone is 8. The zero-order chi connectivity index (χ0) is 41.6. The lowest BCUT2D eigenvalue weighted by Gasteiger charge is -2.39. The Labute approximate surface area is 346 Å². The monoisotopic (exact) mass is 807 g/mol. The molecule has 57 heavy (non-hydrogen) atoms. The standard InChI is InChI=1S/C47H82O10/c1-3-5-7-9-11-13-15-17-19-20-22-24-26-28-30-32-34-36-43(50)56-40(39-55-47-46(53)45(52)44(51)41(37-48)57-47)38-54-42(49)35-33-31-29-27-25-23-21-18-16-14-12-10-8-6-4-2/h17-19,21-22,24,28,30,40-41,44-48,51-53H,3-16,20,23,25-27,29,31-39H2,1-2H3/b19-17+,21-18+,24-22+,30-28+/t40-,41-,44+,45?,46?,47-/m1/s1. The molecule has 0 aliphatic carbocycles. The highest BCUT2D eigenvalue weighted by Gasteiger charge is 2.44. The van der Waals surface area contributed by atoms with Crippen LogP contribution in [0.25, 0.3) is 0 Å². The number of unbranched alkanes of at least 4 members (excludes halogenated alkanes) is 18. The second-order valence-electron chi connectivity index (χ2n) is 15.5. The second kappa shape index (κ2) is 37.9. The van der Waals surface area contributed by atoms with Crippen LogP contribution in [0, 0.1) is 0 Å². The van der Waals surface area contributed by atoms with Crippen molar-refractivity contribution in [3.63, 3.8) is 0 Å². The van der Waals surface area contributed by atoms with Crippen LogP contribution in [0.4, 0.5) is 0 Å². The number of aliphatic hydroxyl groups is 4. The van der Waals surface area contributed by atoms with Crippen molar-refractivity contribution >= 4 is 11.9 Å². The van der Waals surface area contributed by atoms with E-state index in [9.17, 15) is 30.0 Å². The van der Waals surface area contributed by atoms with Gasteiger partial charge >= 0.3 is 11.9 Å².